The lowest BCUT2D eigenvalue weighted by Gasteiger charge is -2.19. The first-order chi connectivity index (χ1) is 10.1. The van der Waals surface area contributed by atoms with E-state index < -0.39 is 0 Å². The van der Waals surface area contributed by atoms with Crippen LogP contribution < -0.4 is 11.3 Å². The second-order valence-corrected chi connectivity index (χ2v) is 5.58. The summed E-state index contributed by atoms with van der Waals surface area (Å²) in [5.74, 6) is 5.82. The molecular formula is C17H26N4. The average Bonchev–Trinajstić information content (AvgIpc) is 2.89. The fourth-order valence-electron chi connectivity index (χ4n) is 2.73. The van der Waals surface area contributed by atoms with Crippen LogP contribution >= 0.6 is 0 Å². The van der Waals surface area contributed by atoms with Crippen molar-refractivity contribution in [2.24, 2.45) is 5.84 Å². The molecule has 21 heavy (non-hydrogen) atoms. The number of hydrogen-bond donors (Lipinski definition) is 2. The van der Waals surface area contributed by atoms with Crippen LogP contribution in [0.3, 0.4) is 0 Å². The Morgan fingerprint density at radius 1 is 1.24 bits per heavy atom. The molecule has 0 amide bonds. The summed E-state index contributed by atoms with van der Waals surface area (Å²) in [5, 5.41) is 4.62. The van der Waals surface area contributed by atoms with Gasteiger partial charge in [0.15, 0.2) is 0 Å². The molecule has 0 saturated heterocycles. The molecular weight excluding hydrogens is 260 g/mol. The van der Waals surface area contributed by atoms with Gasteiger partial charge in [0.2, 0.25) is 0 Å². The number of nitrogens with two attached hydrogens (primary N) is 1. The smallest absolute Gasteiger partial charge is 0.0624 e. The molecule has 0 aliphatic rings. The van der Waals surface area contributed by atoms with Gasteiger partial charge in [-0.1, -0.05) is 30.7 Å². The standard InChI is InChI=1S/C17H26N4/c1-5-14-10-15(21(6-2)20-14)11-17(19-18)16-9-12(3)7-8-13(16)4/h7-10,17,19H,5-6,11,18H2,1-4H3. The molecule has 3 N–H and O–H groups in total. The first-order valence-electron chi connectivity index (χ1n) is 7.67. The highest BCUT2D eigenvalue weighted by Gasteiger charge is 2.16. The van der Waals surface area contributed by atoms with Crippen LogP contribution in [-0.4, -0.2) is 9.78 Å². The second kappa shape index (κ2) is 6.87. The van der Waals surface area contributed by atoms with E-state index in [-0.39, 0.29) is 6.04 Å². The lowest BCUT2D eigenvalue weighted by atomic mass is 9.96. The average molecular weight is 286 g/mol. The molecule has 0 aliphatic heterocycles. The zero-order valence-electron chi connectivity index (χ0n) is 13.5. The summed E-state index contributed by atoms with van der Waals surface area (Å²) in [6.07, 6.45) is 1.81. The summed E-state index contributed by atoms with van der Waals surface area (Å²) in [6.45, 7) is 9.39. The normalized spacial score (nSPS) is 12.6. The first kappa shape index (κ1) is 15.7. The van der Waals surface area contributed by atoms with E-state index >= 15 is 0 Å². The fourth-order valence-corrected chi connectivity index (χ4v) is 2.73. The summed E-state index contributed by atoms with van der Waals surface area (Å²) < 4.78 is 2.08. The van der Waals surface area contributed by atoms with E-state index in [2.05, 4.69) is 67.2 Å². The topological polar surface area (TPSA) is 55.9 Å². The molecule has 1 aromatic carbocycles. The van der Waals surface area contributed by atoms with Crippen LogP contribution in [0.25, 0.3) is 0 Å². The molecule has 1 unspecified atom stereocenters. The summed E-state index contributed by atoms with van der Waals surface area (Å²) in [6, 6.07) is 8.81. The van der Waals surface area contributed by atoms with Gasteiger partial charge in [-0.2, -0.15) is 5.10 Å². The molecule has 0 aliphatic carbocycles. The summed E-state index contributed by atoms with van der Waals surface area (Å²) in [4.78, 5) is 0. The Labute approximate surface area is 127 Å². The minimum Gasteiger partial charge on any atom is -0.271 e. The van der Waals surface area contributed by atoms with Gasteiger partial charge in [0.25, 0.3) is 0 Å². The molecule has 4 heteroatoms. The van der Waals surface area contributed by atoms with Gasteiger partial charge in [0.1, 0.15) is 0 Å². The van der Waals surface area contributed by atoms with Crippen molar-refractivity contribution in [1.29, 1.82) is 0 Å². The summed E-state index contributed by atoms with van der Waals surface area (Å²) >= 11 is 0. The predicted octanol–water partition coefficient (Wildman–Crippen LogP) is 2.83. The number of aromatic nitrogens is 2. The SMILES string of the molecule is CCc1cc(CC(NN)c2cc(C)ccc2C)n(CC)n1. The summed E-state index contributed by atoms with van der Waals surface area (Å²) in [5.41, 5.74) is 9.14. The van der Waals surface area contributed by atoms with Crippen molar-refractivity contribution in [1.82, 2.24) is 15.2 Å². The van der Waals surface area contributed by atoms with Crippen molar-refractivity contribution in [3.63, 3.8) is 0 Å². The van der Waals surface area contributed by atoms with E-state index in [0.29, 0.717) is 0 Å². The van der Waals surface area contributed by atoms with Crippen molar-refractivity contribution in [2.75, 3.05) is 0 Å². The number of nitrogens with zero attached hydrogens (tertiary/aromatic N) is 2. The second-order valence-electron chi connectivity index (χ2n) is 5.58. The number of nitrogens with one attached hydrogen (secondary N) is 1. The van der Waals surface area contributed by atoms with Crippen LogP contribution in [0.1, 0.15) is 48.0 Å². The number of aryl methyl sites for hydroxylation is 4. The Morgan fingerprint density at radius 3 is 2.62 bits per heavy atom. The maximum atomic E-state index is 5.82. The third kappa shape index (κ3) is 3.52. The molecule has 0 bridgehead atoms. The zero-order chi connectivity index (χ0) is 15.4. The Bertz CT molecular complexity index is 601. The van der Waals surface area contributed by atoms with Gasteiger partial charge < -0.3 is 0 Å². The van der Waals surface area contributed by atoms with Crippen LogP contribution in [0, 0.1) is 13.8 Å². The van der Waals surface area contributed by atoms with E-state index in [0.717, 1.165) is 25.1 Å². The molecule has 114 valence electrons. The third-order valence-electron chi connectivity index (χ3n) is 4.00. The number of hydrazine groups is 1. The molecule has 0 spiro atoms. The molecule has 2 aromatic rings. The van der Waals surface area contributed by atoms with Crippen molar-refractivity contribution in [3.05, 3.63) is 52.3 Å². The molecule has 0 saturated carbocycles. The lowest BCUT2D eigenvalue weighted by Crippen LogP contribution is -2.30. The van der Waals surface area contributed by atoms with Crippen LogP contribution in [0.5, 0.6) is 0 Å². The van der Waals surface area contributed by atoms with E-state index in [1.54, 1.807) is 0 Å². The maximum Gasteiger partial charge on any atom is 0.0624 e. The van der Waals surface area contributed by atoms with Gasteiger partial charge in [-0.15, -0.1) is 0 Å². The quantitative estimate of drug-likeness (QED) is 0.634. The monoisotopic (exact) mass is 286 g/mol. The third-order valence-corrected chi connectivity index (χ3v) is 4.00. The maximum absolute atomic E-state index is 5.82. The van der Waals surface area contributed by atoms with Gasteiger partial charge >= 0.3 is 0 Å². The first-order valence-corrected chi connectivity index (χ1v) is 7.67. The van der Waals surface area contributed by atoms with E-state index in [9.17, 15) is 0 Å². The van der Waals surface area contributed by atoms with Crippen molar-refractivity contribution >= 4 is 0 Å². The number of rotatable bonds is 6. The van der Waals surface area contributed by atoms with Crippen LogP contribution in [-0.2, 0) is 19.4 Å². The van der Waals surface area contributed by atoms with Crippen molar-refractivity contribution in [2.45, 2.75) is 53.1 Å². The highest BCUT2D eigenvalue weighted by atomic mass is 15.3. The molecule has 2 rings (SSSR count). The van der Waals surface area contributed by atoms with E-state index in [4.69, 9.17) is 5.84 Å². The zero-order valence-corrected chi connectivity index (χ0v) is 13.5. The van der Waals surface area contributed by atoms with Gasteiger partial charge in [-0.25, -0.2) is 0 Å². The number of hydrogen-bond acceptors (Lipinski definition) is 3. The van der Waals surface area contributed by atoms with Crippen LogP contribution in [0.4, 0.5) is 0 Å². The predicted molar refractivity (Wildman–Crippen MR) is 87.0 cm³/mol. The molecule has 0 radical (unpaired) electrons. The number of benzene rings is 1. The van der Waals surface area contributed by atoms with Gasteiger partial charge in [0.05, 0.1) is 11.7 Å². The molecule has 1 heterocycles. The van der Waals surface area contributed by atoms with Crippen LogP contribution in [0.15, 0.2) is 24.3 Å². The van der Waals surface area contributed by atoms with E-state index in [1.807, 2.05) is 0 Å². The fraction of sp³-hybridized carbons (Fsp3) is 0.471. The Hall–Kier alpha value is -1.65. The molecule has 1 atom stereocenters. The molecule has 0 fully saturated rings. The van der Waals surface area contributed by atoms with Gasteiger partial charge in [0, 0.05) is 18.7 Å². The minimum absolute atomic E-state index is 0.108. The summed E-state index contributed by atoms with van der Waals surface area (Å²) in [7, 11) is 0. The highest BCUT2D eigenvalue weighted by Crippen LogP contribution is 2.23. The Kier molecular flexibility index (Phi) is 5.15. The van der Waals surface area contributed by atoms with Gasteiger partial charge in [-0.05, 0) is 44.4 Å². The highest BCUT2D eigenvalue weighted by molar-refractivity contribution is 5.34. The largest absolute Gasteiger partial charge is 0.271 e. The Balaban J connectivity index is 2.30. The van der Waals surface area contributed by atoms with E-state index in [1.165, 1.54) is 22.4 Å². The van der Waals surface area contributed by atoms with Crippen LogP contribution in [0.2, 0.25) is 0 Å². The Morgan fingerprint density at radius 2 is 2.00 bits per heavy atom. The lowest BCUT2D eigenvalue weighted by molar-refractivity contribution is 0.514. The molecule has 1 aromatic heterocycles. The van der Waals surface area contributed by atoms with Gasteiger partial charge in [-0.3, -0.25) is 16.0 Å². The van der Waals surface area contributed by atoms with Crippen molar-refractivity contribution in [3.8, 4) is 0 Å². The molecule has 4 nitrogen and oxygen atoms in total. The minimum atomic E-state index is 0.108. The van der Waals surface area contributed by atoms with Crippen molar-refractivity contribution < 1.29 is 0 Å².